The summed E-state index contributed by atoms with van der Waals surface area (Å²) in [5.74, 6) is -0.849. The molecule has 0 spiro atoms. The number of hydrogen-bond acceptors (Lipinski definition) is 3. The Morgan fingerprint density at radius 3 is 2.70 bits per heavy atom. The molecule has 2 rings (SSSR count). The number of Topliss-reactive ketones (excluding diaryl/α,β-unsaturated/α-hetero) is 1. The molecule has 0 aliphatic heterocycles. The molecule has 0 radical (unpaired) electrons. The van der Waals surface area contributed by atoms with E-state index in [0.29, 0.717) is 16.4 Å². The van der Waals surface area contributed by atoms with Gasteiger partial charge in [0.25, 0.3) is 0 Å². The lowest BCUT2D eigenvalue weighted by Crippen LogP contribution is -2.45. The first-order valence-electron chi connectivity index (χ1n) is 5.91. The van der Waals surface area contributed by atoms with E-state index in [9.17, 15) is 14.0 Å². The van der Waals surface area contributed by atoms with Gasteiger partial charge < -0.3 is 10.6 Å². The molecule has 0 heterocycles. The van der Waals surface area contributed by atoms with E-state index in [1.807, 2.05) is 22.6 Å². The van der Waals surface area contributed by atoms with Crippen LogP contribution in [-0.2, 0) is 4.79 Å². The maximum atomic E-state index is 13.6. The maximum absolute atomic E-state index is 13.6. The Labute approximate surface area is 128 Å². The van der Waals surface area contributed by atoms with Crippen molar-refractivity contribution in [3.05, 3.63) is 27.6 Å². The molecule has 5 nitrogen and oxygen atoms in total. The largest absolute Gasteiger partial charge is 0.325 e. The minimum absolute atomic E-state index is 0.0476. The van der Waals surface area contributed by atoms with Crippen molar-refractivity contribution in [1.82, 2.24) is 5.32 Å². The Balaban J connectivity index is 2.00. The third-order valence-corrected chi connectivity index (χ3v) is 3.73. The molecule has 1 aromatic rings. The molecule has 2 amide bonds. The van der Waals surface area contributed by atoms with Gasteiger partial charge in [0.1, 0.15) is 11.4 Å². The maximum Gasteiger partial charge on any atom is 0.320 e. The monoisotopic (exact) mass is 387 g/mol. The van der Waals surface area contributed by atoms with Gasteiger partial charge in [0.2, 0.25) is 0 Å². The number of amides is 2. The molecule has 104 valence electrons. The number of carbonyl (C=O) groups excluding carboxylic acids is 2. The molecule has 2 N–H and O–H groups in total. The Morgan fingerprint density at radius 1 is 1.45 bits per heavy atom. The van der Waals surface area contributed by atoms with Gasteiger partial charge >= 0.3 is 6.03 Å². The van der Waals surface area contributed by atoms with E-state index in [0.717, 1.165) is 0 Å². The molecule has 1 fully saturated rings. The molecule has 7 heteroatoms. The highest BCUT2D eigenvalue weighted by Crippen LogP contribution is 2.37. The van der Waals surface area contributed by atoms with Gasteiger partial charge in [0.15, 0.2) is 5.78 Å². The number of rotatable bonds is 4. The van der Waals surface area contributed by atoms with Crippen LogP contribution in [0, 0.1) is 20.7 Å². The Hall–Kier alpha value is -1.69. The van der Waals surface area contributed by atoms with Crippen LogP contribution in [0.15, 0.2) is 18.2 Å². The fourth-order valence-corrected chi connectivity index (χ4v) is 2.25. The molecule has 0 atom stereocenters. The highest BCUT2D eigenvalue weighted by atomic mass is 127. The molecule has 1 aliphatic rings. The van der Waals surface area contributed by atoms with Crippen molar-refractivity contribution >= 4 is 40.1 Å². The van der Waals surface area contributed by atoms with Gasteiger partial charge in [-0.3, -0.25) is 4.79 Å². The highest BCUT2D eigenvalue weighted by molar-refractivity contribution is 14.1. The Bertz CT molecular complexity index is 608. The molecule has 0 saturated heterocycles. The van der Waals surface area contributed by atoms with Crippen LogP contribution in [0.4, 0.5) is 14.9 Å². The number of anilines is 1. The fourth-order valence-electron chi connectivity index (χ4n) is 1.80. The first kappa shape index (κ1) is 14.7. The lowest BCUT2D eigenvalue weighted by atomic mass is 10.1. The fraction of sp³-hybridized carbons (Fsp3) is 0.308. The third kappa shape index (κ3) is 3.25. The van der Waals surface area contributed by atoms with Crippen molar-refractivity contribution < 1.29 is 14.0 Å². The normalized spacial score (nSPS) is 15.1. The van der Waals surface area contributed by atoms with Crippen LogP contribution in [0.25, 0.3) is 0 Å². The molecule has 0 aromatic heterocycles. The van der Waals surface area contributed by atoms with Crippen molar-refractivity contribution in [1.29, 1.82) is 5.26 Å². The van der Waals surface area contributed by atoms with Crippen LogP contribution in [0.5, 0.6) is 0 Å². The van der Waals surface area contributed by atoms with E-state index in [1.165, 1.54) is 12.1 Å². The zero-order valence-corrected chi connectivity index (χ0v) is 12.5. The zero-order chi connectivity index (χ0) is 14.8. The molecule has 1 aromatic carbocycles. The SMILES string of the molecule is N#CCC(=O)C1(NC(=O)Nc2ccc(I)cc2F)CC1. The molecule has 1 aliphatic carbocycles. The molecule has 0 unspecified atom stereocenters. The number of hydrogen-bond donors (Lipinski definition) is 2. The number of nitrogens with zero attached hydrogens (tertiary/aromatic N) is 1. The second-order valence-corrected chi connectivity index (χ2v) is 5.79. The molecule has 1 saturated carbocycles. The van der Waals surface area contributed by atoms with E-state index in [4.69, 9.17) is 5.26 Å². The average Bonchev–Trinajstić information content (AvgIpc) is 3.14. The predicted octanol–water partition coefficient (Wildman–Crippen LogP) is 2.57. The van der Waals surface area contributed by atoms with Gasteiger partial charge in [-0.25, -0.2) is 9.18 Å². The first-order chi connectivity index (χ1) is 9.47. The number of ketones is 1. The van der Waals surface area contributed by atoms with Gasteiger partial charge in [-0.15, -0.1) is 0 Å². The van der Waals surface area contributed by atoms with Crippen LogP contribution in [-0.4, -0.2) is 17.4 Å². The molecular weight excluding hydrogens is 376 g/mol. The number of nitrogens with one attached hydrogen (secondary N) is 2. The van der Waals surface area contributed by atoms with Crippen molar-refractivity contribution in [2.24, 2.45) is 0 Å². The summed E-state index contributed by atoms with van der Waals surface area (Å²) in [4.78, 5) is 23.5. The summed E-state index contributed by atoms with van der Waals surface area (Å²) in [7, 11) is 0. The number of benzene rings is 1. The van der Waals surface area contributed by atoms with Crippen LogP contribution in [0.3, 0.4) is 0 Å². The van der Waals surface area contributed by atoms with E-state index >= 15 is 0 Å². The number of halogens is 2. The minimum atomic E-state index is -0.945. The molecule has 0 bridgehead atoms. The summed E-state index contributed by atoms with van der Waals surface area (Å²) in [6.45, 7) is 0. The molecular formula is C13H11FIN3O2. The standard InChI is InChI=1S/C13H11FIN3O2/c14-9-7-8(15)1-2-10(9)17-12(20)18-13(4-5-13)11(19)3-6-16/h1-2,7H,3-5H2,(H2,17,18,20). The second-order valence-electron chi connectivity index (χ2n) is 4.54. The van der Waals surface area contributed by atoms with Crippen LogP contribution in [0.2, 0.25) is 0 Å². The summed E-state index contributed by atoms with van der Waals surface area (Å²) < 4.78 is 14.3. The Morgan fingerprint density at radius 2 is 2.15 bits per heavy atom. The lowest BCUT2D eigenvalue weighted by Gasteiger charge is -2.15. The van der Waals surface area contributed by atoms with Crippen LogP contribution >= 0.6 is 22.6 Å². The highest BCUT2D eigenvalue weighted by Gasteiger charge is 2.50. The van der Waals surface area contributed by atoms with Crippen LogP contribution < -0.4 is 10.6 Å². The topological polar surface area (TPSA) is 82.0 Å². The second kappa shape index (κ2) is 5.75. The predicted molar refractivity (Wildman–Crippen MR) is 78.5 cm³/mol. The van der Waals surface area contributed by atoms with Gasteiger partial charge in [-0.1, -0.05) is 0 Å². The minimum Gasteiger partial charge on any atom is -0.325 e. The Kier molecular flexibility index (Phi) is 4.23. The molecule has 20 heavy (non-hydrogen) atoms. The number of nitriles is 1. The summed E-state index contributed by atoms with van der Waals surface area (Å²) in [5, 5.41) is 13.4. The van der Waals surface area contributed by atoms with Crippen molar-refractivity contribution in [3.8, 4) is 6.07 Å². The van der Waals surface area contributed by atoms with Crippen molar-refractivity contribution in [2.75, 3.05) is 5.32 Å². The van der Waals surface area contributed by atoms with E-state index < -0.39 is 17.4 Å². The summed E-state index contributed by atoms with van der Waals surface area (Å²) in [6.07, 6.45) is 0.782. The number of carbonyl (C=O) groups is 2. The van der Waals surface area contributed by atoms with Gasteiger partial charge in [0.05, 0.1) is 18.2 Å². The van der Waals surface area contributed by atoms with E-state index in [2.05, 4.69) is 10.6 Å². The summed E-state index contributed by atoms with van der Waals surface area (Å²) >= 11 is 1.96. The smallest absolute Gasteiger partial charge is 0.320 e. The van der Waals surface area contributed by atoms with Crippen LogP contribution in [0.1, 0.15) is 19.3 Å². The van der Waals surface area contributed by atoms with Crippen molar-refractivity contribution in [3.63, 3.8) is 0 Å². The number of urea groups is 1. The van der Waals surface area contributed by atoms with Gasteiger partial charge in [-0.2, -0.15) is 5.26 Å². The average molecular weight is 387 g/mol. The summed E-state index contributed by atoms with van der Waals surface area (Å²) in [6, 6.07) is 5.53. The lowest BCUT2D eigenvalue weighted by molar-refractivity contribution is -0.120. The zero-order valence-electron chi connectivity index (χ0n) is 10.4. The quantitative estimate of drug-likeness (QED) is 0.780. The summed E-state index contributed by atoms with van der Waals surface area (Å²) in [5.41, 5.74) is -0.897. The van der Waals surface area contributed by atoms with E-state index in [-0.39, 0.29) is 17.9 Å². The van der Waals surface area contributed by atoms with Gasteiger partial charge in [-0.05, 0) is 53.6 Å². The third-order valence-electron chi connectivity index (χ3n) is 3.06. The van der Waals surface area contributed by atoms with Crippen molar-refractivity contribution in [2.45, 2.75) is 24.8 Å². The van der Waals surface area contributed by atoms with E-state index in [1.54, 1.807) is 12.1 Å². The van der Waals surface area contributed by atoms with Gasteiger partial charge in [0, 0.05) is 3.57 Å². The first-order valence-corrected chi connectivity index (χ1v) is 6.99.